The first-order chi connectivity index (χ1) is 10.3. The fourth-order valence-corrected chi connectivity index (χ4v) is 2.55. The van der Waals surface area contributed by atoms with Crippen molar-refractivity contribution in [3.05, 3.63) is 48.3 Å². The molecule has 2 aromatic heterocycles. The summed E-state index contributed by atoms with van der Waals surface area (Å²) in [5.74, 6) is 1.16. The quantitative estimate of drug-likeness (QED) is 0.940. The minimum atomic E-state index is -0.164. The molecule has 3 heterocycles. The molecule has 5 nitrogen and oxygen atoms in total. The highest BCUT2D eigenvalue weighted by molar-refractivity contribution is 6.07. The van der Waals surface area contributed by atoms with Crippen molar-refractivity contribution < 1.29 is 4.79 Å². The molecule has 1 amide bonds. The molecule has 1 N–H and O–H groups in total. The Morgan fingerprint density at radius 3 is 2.57 bits per heavy atom. The van der Waals surface area contributed by atoms with E-state index >= 15 is 0 Å². The first kappa shape index (κ1) is 13.5. The van der Waals surface area contributed by atoms with Gasteiger partial charge in [-0.3, -0.25) is 4.79 Å². The second kappa shape index (κ2) is 6.35. The topological polar surface area (TPSA) is 58.1 Å². The number of piperidine rings is 1. The molecular weight excluding hydrogens is 264 g/mol. The fourth-order valence-electron chi connectivity index (χ4n) is 2.55. The number of nitrogens with zero attached hydrogens (tertiary/aromatic N) is 3. The van der Waals surface area contributed by atoms with E-state index in [2.05, 4.69) is 20.2 Å². The molecule has 5 heteroatoms. The molecule has 2 aromatic rings. The van der Waals surface area contributed by atoms with Crippen LogP contribution in [0.5, 0.6) is 0 Å². The Hall–Kier alpha value is -2.43. The molecule has 0 saturated carbocycles. The standard InChI is InChI=1S/C16H18N4O/c21-16(19-14-8-2-3-9-17-14)13-7-6-10-18-15(13)20-11-4-1-5-12-20/h2-3,6-10H,1,4-5,11-12H2,(H,17,19,21). The zero-order valence-corrected chi connectivity index (χ0v) is 11.8. The van der Waals surface area contributed by atoms with Crippen molar-refractivity contribution in [1.29, 1.82) is 0 Å². The zero-order chi connectivity index (χ0) is 14.5. The molecule has 108 valence electrons. The van der Waals surface area contributed by atoms with E-state index < -0.39 is 0 Å². The molecule has 0 aliphatic carbocycles. The van der Waals surface area contributed by atoms with Crippen LogP contribution in [-0.2, 0) is 0 Å². The van der Waals surface area contributed by atoms with E-state index in [0.29, 0.717) is 11.4 Å². The van der Waals surface area contributed by atoms with Gasteiger partial charge in [-0.2, -0.15) is 0 Å². The lowest BCUT2D eigenvalue weighted by molar-refractivity contribution is 0.102. The highest BCUT2D eigenvalue weighted by Crippen LogP contribution is 2.22. The van der Waals surface area contributed by atoms with Gasteiger partial charge >= 0.3 is 0 Å². The normalized spacial score (nSPS) is 14.8. The van der Waals surface area contributed by atoms with Crippen LogP contribution in [0.3, 0.4) is 0 Å². The van der Waals surface area contributed by atoms with Gasteiger partial charge in [-0.05, 0) is 43.5 Å². The molecule has 21 heavy (non-hydrogen) atoms. The second-order valence-corrected chi connectivity index (χ2v) is 5.09. The Balaban J connectivity index is 1.82. The van der Waals surface area contributed by atoms with E-state index in [1.165, 1.54) is 6.42 Å². The summed E-state index contributed by atoms with van der Waals surface area (Å²) in [4.78, 5) is 23.2. The fraction of sp³-hybridized carbons (Fsp3) is 0.312. The van der Waals surface area contributed by atoms with Crippen molar-refractivity contribution in [1.82, 2.24) is 9.97 Å². The highest BCUT2D eigenvalue weighted by Gasteiger charge is 2.19. The van der Waals surface area contributed by atoms with Crippen LogP contribution >= 0.6 is 0 Å². The highest BCUT2D eigenvalue weighted by atomic mass is 16.1. The van der Waals surface area contributed by atoms with Gasteiger partial charge in [-0.1, -0.05) is 6.07 Å². The summed E-state index contributed by atoms with van der Waals surface area (Å²) < 4.78 is 0. The summed E-state index contributed by atoms with van der Waals surface area (Å²) in [6.45, 7) is 1.92. The zero-order valence-electron chi connectivity index (χ0n) is 11.8. The van der Waals surface area contributed by atoms with Crippen LogP contribution in [0.2, 0.25) is 0 Å². The predicted molar refractivity (Wildman–Crippen MR) is 82.5 cm³/mol. The average Bonchev–Trinajstić information content (AvgIpc) is 2.56. The lowest BCUT2D eigenvalue weighted by Crippen LogP contribution is -2.32. The molecule has 0 aromatic carbocycles. The number of amides is 1. The number of carbonyl (C=O) groups excluding carboxylic acids is 1. The summed E-state index contributed by atoms with van der Waals surface area (Å²) in [5, 5.41) is 2.82. The smallest absolute Gasteiger partial charge is 0.260 e. The minimum absolute atomic E-state index is 0.164. The van der Waals surface area contributed by atoms with Crippen LogP contribution in [0.15, 0.2) is 42.7 Å². The molecule has 1 aliphatic heterocycles. The number of rotatable bonds is 3. The predicted octanol–water partition coefficient (Wildman–Crippen LogP) is 2.72. The molecule has 0 atom stereocenters. The molecule has 1 saturated heterocycles. The lowest BCUT2D eigenvalue weighted by atomic mass is 10.1. The molecule has 0 bridgehead atoms. The van der Waals surface area contributed by atoms with Gasteiger partial charge in [0.15, 0.2) is 0 Å². The summed E-state index contributed by atoms with van der Waals surface area (Å²) >= 11 is 0. The summed E-state index contributed by atoms with van der Waals surface area (Å²) in [6.07, 6.45) is 6.94. The molecule has 1 fully saturated rings. The second-order valence-electron chi connectivity index (χ2n) is 5.09. The lowest BCUT2D eigenvalue weighted by Gasteiger charge is -2.29. The van der Waals surface area contributed by atoms with Gasteiger partial charge < -0.3 is 10.2 Å². The van der Waals surface area contributed by atoms with Crippen molar-refractivity contribution in [2.24, 2.45) is 0 Å². The first-order valence-corrected chi connectivity index (χ1v) is 7.27. The van der Waals surface area contributed by atoms with Crippen LogP contribution in [0, 0.1) is 0 Å². The van der Waals surface area contributed by atoms with E-state index in [4.69, 9.17) is 0 Å². The number of carbonyl (C=O) groups is 1. The number of anilines is 2. The van der Waals surface area contributed by atoms with Gasteiger partial charge in [-0.15, -0.1) is 0 Å². The third-order valence-electron chi connectivity index (χ3n) is 3.59. The summed E-state index contributed by atoms with van der Waals surface area (Å²) in [6, 6.07) is 9.04. The average molecular weight is 282 g/mol. The SMILES string of the molecule is O=C(Nc1ccccn1)c1cccnc1N1CCCCC1. The van der Waals surface area contributed by atoms with E-state index in [1.807, 2.05) is 18.2 Å². The van der Waals surface area contributed by atoms with Crippen LogP contribution in [-0.4, -0.2) is 29.0 Å². The van der Waals surface area contributed by atoms with Gasteiger partial charge in [0.1, 0.15) is 11.6 Å². The Kier molecular flexibility index (Phi) is 4.09. The Morgan fingerprint density at radius 1 is 1.00 bits per heavy atom. The summed E-state index contributed by atoms with van der Waals surface area (Å²) in [7, 11) is 0. The number of aromatic nitrogens is 2. The van der Waals surface area contributed by atoms with Crippen molar-refractivity contribution in [3.63, 3.8) is 0 Å². The number of nitrogens with one attached hydrogen (secondary N) is 1. The Morgan fingerprint density at radius 2 is 1.81 bits per heavy atom. The van der Waals surface area contributed by atoms with Gasteiger partial charge in [0.25, 0.3) is 5.91 Å². The van der Waals surface area contributed by atoms with Crippen molar-refractivity contribution in [2.45, 2.75) is 19.3 Å². The van der Waals surface area contributed by atoms with E-state index in [0.717, 1.165) is 31.7 Å². The van der Waals surface area contributed by atoms with E-state index in [-0.39, 0.29) is 5.91 Å². The van der Waals surface area contributed by atoms with Crippen molar-refractivity contribution in [2.75, 3.05) is 23.3 Å². The van der Waals surface area contributed by atoms with Gasteiger partial charge in [0.2, 0.25) is 0 Å². The minimum Gasteiger partial charge on any atom is -0.356 e. The monoisotopic (exact) mass is 282 g/mol. The maximum Gasteiger partial charge on any atom is 0.260 e. The van der Waals surface area contributed by atoms with Crippen molar-refractivity contribution >= 4 is 17.5 Å². The maximum atomic E-state index is 12.5. The number of pyridine rings is 2. The number of hydrogen-bond acceptors (Lipinski definition) is 4. The Bertz CT molecular complexity index is 609. The molecule has 0 unspecified atom stereocenters. The van der Waals surface area contributed by atoms with Gasteiger partial charge in [0.05, 0.1) is 5.56 Å². The van der Waals surface area contributed by atoms with Crippen LogP contribution in [0.1, 0.15) is 29.6 Å². The molecule has 0 radical (unpaired) electrons. The molecule has 3 rings (SSSR count). The summed E-state index contributed by atoms with van der Waals surface area (Å²) in [5.41, 5.74) is 0.602. The van der Waals surface area contributed by atoms with Crippen LogP contribution < -0.4 is 10.2 Å². The molecule has 0 spiro atoms. The number of hydrogen-bond donors (Lipinski definition) is 1. The molecule has 1 aliphatic rings. The third kappa shape index (κ3) is 3.18. The van der Waals surface area contributed by atoms with Crippen LogP contribution in [0.4, 0.5) is 11.6 Å². The van der Waals surface area contributed by atoms with Gasteiger partial charge in [0, 0.05) is 25.5 Å². The van der Waals surface area contributed by atoms with Crippen molar-refractivity contribution in [3.8, 4) is 0 Å². The molecular formula is C16H18N4O. The van der Waals surface area contributed by atoms with Crippen LogP contribution in [0.25, 0.3) is 0 Å². The van der Waals surface area contributed by atoms with Gasteiger partial charge in [-0.25, -0.2) is 9.97 Å². The maximum absolute atomic E-state index is 12.5. The van der Waals surface area contributed by atoms with E-state index in [9.17, 15) is 4.79 Å². The largest absolute Gasteiger partial charge is 0.356 e. The Labute approximate surface area is 124 Å². The third-order valence-corrected chi connectivity index (χ3v) is 3.59. The van der Waals surface area contributed by atoms with E-state index in [1.54, 1.807) is 24.5 Å². The first-order valence-electron chi connectivity index (χ1n) is 7.27.